The zero-order valence-electron chi connectivity index (χ0n) is 13.2. The number of thiazole rings is 1. The molecule has 4 rings (SSSR count). The second-order valence-corrected chi connectivity index (χ2v) is 7.20. The van der Waals surface area contributed by atoms with Gasteiger partial charge in [0.25, 0.3) is 0 Å². The van der Waals surface area contributed by atoms with Gasteiger partial charge in [0.05, 0.1) is 30.0 Å². The number of carbonyl (C=O) groups is 1. The zero-order valence-corrected chi connectivity index (χ0v) is 14.0. The van der Waals surface area contributed by atoms with E-state index < -0.39 is 0 Å². The molecule has 2 aliphatic rings. The van der Waals surface area contributed by atoms with Crippen LogP contribution in [-0.4, -0.2) is 37.3 Å². The third-order valence-corrected chi connectivity index (χ3v) is 5.48. The number of aromatic nitrogens is 1. The average Bonchev–Trinajstić information content (AvgIpc) is 3.13. The minimum absolute atomic E-state index is 0.138. The molecule has 5 nitrogen and oxygen atoms in total. The van der Waals surface area contributed by atoms with E-state index in [-0.39, 0.29) is 17.9 Å². The summed E-state index contributed by atoms with van der Waals surface area (Å²) in [6.07, 6.45) is 4.23. The first kappa shape index (κ1) is 14.9. The van der Waals surface area contributed by atoms with Crippen molar-refractivity contribution in [2.24, 2.45) is 5.92 Å². The fourth-order valence-electron chi connectivity index (χ4n) is 2.94. The molecule has 1 aromatic carbocycles. The van der Waals surface area contributed by atoms with Crippen molar-refractivity contribution in [2.45, 2.75) is 31.8 Å². The summed E-state index contributed by atoms with van der Waals surface area (Å²) in [4.78, 5) is 19.2. The summed E-state index contributed by atoms with van der Waals surface area (Å²) < 4.78 is 12.1. The van der Waals surface area contributed by atoms with Crippen LogP contribution in [0.3, 0.4) is 0 Å². The van der Waals surface area contributed by atoms with Gasteiger partial charge in [0, 0.05) is 18.6 Å². The number of rotatable bonds is 5. The topological polar surface area (TPSA) is 51.7 Å². The molecule has 1 saturated heterocycles. The van der Waals surface area contributed by atoms with E-state index >= 15 is 0 Å². The van der Waals surface area contributed by atoms with E-state index in [2.05, 4.69) is 4.98 Å². The molecular formula is C17H20N2O3S. The molecule has 2 heterocycles. The molecule has 1 aliphatic carbocycles. The van der Waals surface area contributed by atoms with Crippen LogP contribution in [0, 0.1) is 5.92 Å². The van der Waals surface area contributed by atoms with E-state index in [0.29, 0.717) is 6.54 Å². The summed E-state index contributed by atoms with van der Waals surface area (Å²) in [5.74, 6) is 1.16. The van der Waals surface area contributed by atoms with Crippen molar-refractivity contribution in [2.75, 3.05) is 25.2 Å². The number of hydrogen-bond donors (Lipinski definition) is 0. The molecule has 0 radical (unpaired) electrons. The number of hydrogen-bond acceptors (Lipinski definition) is 5. The number of ether oxygens (including phenoxy) is 2. The Morgan fingerprint density at radius 3 is 3.00 bits per heavy atom. The zero-order chi connectivity index (χ0) is 15.8. The van der Waals surface area contributed by atoms with Crippen molar-refractivity contribution >= 4 is 32.6 Å². The van der Waals surface area contributed by atoms with Gasteiger partial charge in [0.2, 0.25) is 5.91 Å². The summed E-state index contributed by atoms with van der Waals surface area (Å²) in [5, 5.41) is 0.778. The predicted molar refractivity (Wildman–Crippen MR) is 90.2 cm³/mol. The van der Waals surface area contributed by atoms with Gasteiger partial charge < -0.3 is 9.47 Å². The predicted octanol–water partition coefficient (Wildman–Crippen LogP) is 3.23. The Labute approximate surface area is 139 Å². The largest absolute Gasteiger partial charge is 0.497 e. The quantitative estimate of drug-likeness (QED) is 0.843. The molecule has 1 unspecified atom stereocenters. The van der Waals surface area contributed by atoms with Crippen molar-refractivity contribution in [1.82, 2.24) is 4.98 Å². The standard InChI is InChI=1S/C17H20N2O3S/c1-21-12-6-7-15-14(9-12)18-17(23-15)19(16(20)11-4-5-11)10-13-3-2-8-22-13/h6-7,9,11,13H,2-5,8,10H2,1H3. The van der Waals surface area contributed by atoms with E-state index in [1.807, 2.05) is 23.1 Å². The smallest absolute Gasteiger partial charge is 0.231 e. The number of fused-ring (bicyclic) bond motifs is 1. The summed E-state index contributed by atoms with van der Waals surface area (Å²) in [5.41, 5.74) is 0.880. The van der Waals surface area contributed by atoms with Crippen molar-refractivity contribution < 1.29 is 14.3 Å². The lowest BCUT2D eigenvalue weighted by atomic mass is 10.2. The van der Waals surface area contributed by atoms with Gasteiger partial charge in [-0.2, -0.15) is 0 Å². The van der Waals surface area contributed by atoms with Gasteiger partial charge in [0.15, 0.2) is 5.13 Å². The maximum atomic E-state index is 12.7. The molecule has 23 heavy (non-hydrogen) atoms. The summed E-state index contributed by atoms with van der Waals surface area (Å²) in [6, 6.07) is 5.85. The first-order chi connectivity index (χ1) is 11.2. The molecule has 0 bridgehead atoms. The summed E-state index contributed by atoms with van der Waals surface area (Å²) >= 11 is 1.56. The third kappa shape index (κ3) is 3.05. The van der Waals surface area contributed by atoms with E-state index in [0.717, 1.165) is 53.4 Å². The highest BCUT2D eigenvalue weighted by molar-refractivity contribution is 7.22. The molecule has 0 spiro atoms. The number of amides is 1. The highest BCUT2D eigenvalue weighted by atomic mass is 32.1. The molecule has 1 saturated carbocycles. The molecule has 2 fully saturated rings. The summed E-state index contributed by atoms with van der Waals surface area (Å²) in [6.45, 7) is 1.42. The Morgan fingerprint density at radius 2 is 2.30 bits per heavy atom. The Hall–Kier alpha value is -1.66. The minimum atomic E-state index is 0.138. The van der Waals surface area contributed by atoms with Crippen LogP contribution in [0.5, 0.6) is 5.75 Å². The van der Waals surface area contributed by atoms with Crippen LogP contribution in [0.1, 0.15) is 25.7 Å². The van der Waals surface area contributed by atoms with E-state index in [4.69, 9.17) is 9.47 Å². The normalized spacial score (nSPS) is 20.8. The molecule has 2 aromatic rings. The lowest BCUT2D eigenvalue weighted by Crippen LogP contribution is -2.38. The lowest BCUT2D eigenvalue weighted by molar-refractivity contribution is -0.120. The van der Waals surface area contributed by atoms with Gasteiger partial charge in [-0.1, -0.05) is 11.3 Å². The van der Waals surface area contributed by atoms with Crippen LogP contribution in [-0.2, 0) is 9.53 Å². The molecule has 1 aromatic heterocycles. The Balaban J connectivity index is 1.65. The third-order valence-electron chi connectivity index (χ3n) is 4.42. The molecule has 6 heteroatoms. The Kier molecular flexibility index (Phi) is 3.95. The lowest BCUT2D eigenvalue weighted by Gasteiger charge is -2.22. The SMILES string of the molecule is COc1ccc2sc(N(CC3CCCO3)C(=O)C3CC3)nc2c1. The van der Waals surface area contributed by atoms with Gasteiger partial charge in [-0.25, -0.2) is 4.98 Å². The van der Waals surface area contributed by atoms with Crippen LogP contribution in [0.15, 0.2) is 18.2 Å². The molecule has 122 valence electrons. The molecule has 0 N–H and O–H groups in total. The molecule has 1 aliphatic heterocycles. The first-order valence-electron chi connectivity index (χ1n) is 8.12. The van der Waals surface area contributed by atoms with Gasteiger partial charge in [-0.3, -0.25) is 9.69 Å². The van der Waals surface area contributed by atoms with E-state index in [9.17, 15) is 4.79 Å². The van der Waals surface area contributed by atoms with Gasteiger partial charge in [0.1, 0.15) is 5.75 Å². The van der Waals surface area contributed by atoms with Crippen LogP contribution >= 0.6 is 11.3 Å². The second kappa shape index (κ2) is 6.09. The Bertz CT molecular complexity index is 720. The van der Waals surface area contributed by atoms with Crippen molar-refractivity contribution in [1.29, 1.82) is 0 Å². The highest BCUT2D eigenvalue weighted by Gasteiger charge is 2.36. The fourth-order valence-corrected chi connectivity index (χ4v) is 3.90. The number of carbonyl (C=O) groups excluding carboxylic acids is 1. The minimum Gasteiger partial charge on any atom is -0.497 e. The first-order valence-corrected chi connectivity index (χ1v) is 8.94. The van der Waals surface area contributed by atoms with Crippen LogP contribution in [0.25, 0.3) is 10.2 Å². The van der Waals surface area contributed by atoms with Gasteiger partial charge >= 0.3 is 0 Å². The van der Waals surface area contributed by atoms with Gasteiger partial charge in [-0.05, 0) is 37.8 Å². The molecule has 1 atom stereocenters. The maximum Gasteiger partial charge on any atom is 0.231 e. The monoisotopic (exact) mass is 332 g/mol. The molecule has 1 amide bonds. The fraction of sp³-hybridized carbons (Fsp3) is 0.529. The van der Waals surface area contributed by atoms with E-state index in [1.54, 1.807) is 18.4 Å². The van der Waals surface area contributed by atoms with Crippen LogP contribution < -0.4 is 9.64 Å². The highest BCUT2D eigenvalue weighted by Crippen LogP contribution is 2.37. The number of nitrogens with zero attached hydrogens (tertiary/aromatic N) is 2. The second-order valence-electron chi connectivity index (χ2n) is 6.19. The van der Waals surface area contributed by atoms with E-state index in [1.165, 1.54) is 0 Å². The van der Waals surface area contributed by atoms with Crippen molar-refractivity contribution in [3.05, 3.63) is 18.2 Å². The van der Waals surface area contributed by atoms with Crippen LogP contribution in [0.4, 0.5) is 5.13 Å². The number of methoxy groups -OCH3 is 1. The van der Waals surface area contributed by atoms with Crippen LogP contribution in [0.2, 0.25) is 0 Å². The van der Waals surface area contributed by atoms with Gasteiger partial charge in [-0.15, -0.1) is 0 Å². The van der Waals surface area contributed by atoms with Crippen molar-refractivity contribution in [3.8, 4) is 5.75 Å². The average molecular weight is 332 g/mol. The Morgan fingerprint density at radius 1 is 1.43 bits per heavy atom. The summed E-state index contributed by atoms with van der Waals surface area (Å²) in [7, 11) is 1.65. The maximum absolute atomic E-state index is 12.7. The van der Waals surface area contributed by atoms with Crippen molar-refractivity contribution in [3.63, 3.8) is 0 Å². The molecular weight excluding hydrogens is 312 g/mol. The number of benzene rings is 1. The number of anilines is 1.